The average Bonchev–Trinajstić information content (AvgIpc) is 3.09. The Morgan fingerprint density at radius 3 is 2.69 bits per heavy atom. The van der Waals surface area contributed by atoms with Crippen LogP contribution in [-0.2, 0) is 4.79 Å². The summed E-state index contributed by atoms with van der Waals surface area (Å²) in [6, 6.07) is 11.9. The van der Waals surface area contributed by atoms with Crippen molar-refractivity contribution >= 4 is 35.1 Å². The van der Waals surface area contributed by atoms with E-state index in [1.807, 2.05) is 24.3 Å². The topological polar surface area (TPSA) is 95.1 Å². The van der Waals surface area contributed by atoms with Crippen molar-refractivity contribution in [1.29, 1.82) is 0 Å². The summed E-state index contributed by atoms with van der Waals surface area (Å²) in [5.41, 5.74) is 8.05. The van der Waals surface area contributed by atoms with Crippen LogP contribution in [0.4, 0.5) is 5.95 Å². The van der Waals surface area contributed by atoms with Gasteiger partial charge >= 0.3 is 0 Å². The first kappa shape index (κ1) is 19.3. The number of hydrogen-bond donors (Lipinski definition) is 2. The number of nitrogens with zero attached hydrogens (tertiary/aromatic N) is 3. The van der Waals surface area contributed by atoms with Crippen LogP contribution in [0.15, 0.2) is 53.7 Å². The fraction of sp³-hybridized carbons (Fsp3) is 0.150. The number of nitrogens with one attached hydrogen (secondary N) is 1. The predicted octanol–water partition coefficient (Wildman–Crippen LogP) is 4.03. The number of ether oxygens (including phenoxy) is 1. The Morgan fingerprint density at radius 1 is 1.24 bits per heavy atom. The number of methoxy groups -OCH3 is 1. The van der Waals surface area contributed by atoms with E-state index in [4.69, 9.17) is 33.7 Å². The first-order valence-electron chi connectivity index (χ1n) is 8.73. The zero-order chi connectivity index (χ0) is 20.7. The number of carbonyl (C=O) groups is 1. The van der Waals surface area contributed by atoms with E-state index in [-0.39, 0.29) is 0 Å². The van der Waals surface area contributed by atoms with Gasteiger partial charge in [-0.05, 0) is 31.2 Å². The molecule has 0 bridgehead atoms. The van der Waals surface area contributed by atoms with Gasteiger partial charge in [0.15, 0.2) is 5.82 Å². The third kappa shape index (κ3) is 3.32. The van der Waals surface area contributed by atoms with E-state index in [1.165, 1.54) is 0 Å². The number of para-hydroxylation sites is 1. The van der Waals surface area contributed by atoms with Crippen molar-refractivity contribution in [2.24, 2.45) is 5.73 Å². The normalized spacial score (nSPS) is 15.7. The number of amides is 1. The molecule has 0 fully saturated rings. The minimum Gasteiger partial charge on any atom is -0.496 e. The van der Waals surface area contributed by atoms with Crippen LogP contribution in [0.2, 0.25) is 10.0 Å². The number of halogens is 2. The third-order valence-electron chi connectivity index (χ3n) is 4.72. The number of anilines is 1. The second-order valence-corrected chi connectivity index (χ2v) is 7.34. The van der Waals surface area contributed by atoms with Crippen molar-refractivity contribution in [1.82, 2.24) is 14.8 Å². The molecule has 29 heavy (non-hydrogen) atoms. The van der Waals surface area contributed by atoms with E-state index in [9.17, 15) is 4.79 Å². The van der Waals surface area contributed by atoms with Crippen molar-refractivity contribution < 1.29 is 9.53 Å². The van der Waals surface area contributed by atoms with Gasteiger partial charge in [-0.15, -0.1) is 5.10 Å². The molecule has 1 aromatic heterocycles. The second kappa shape index (κ2) is 7.42. The van der Waals surface area contributed by atoms with Crippen molar-refractivity contribution in [3.05, 3.63) is 69.3 Å². The van der Waals surface area contributed by atoms with Crippen molar-refractivity contribution in [3.8, 4) is 17.1 Å². The first-order valence-corrected chi connectivity index (χ1v) is 9.48. The van der Waals surface area contributed by atoms with Gasteiger partial charge < -0.3 is 15.8 Å². The minimum absolute atomic E-state index is 0.376. The molecule has 1 amide bonds. The number of rotatable bonds is 4. The van der Waals surface area contributed by atoms with Gasteiger partial charge in [0.1, 0.15) is 11.8 Å². The predicted molar refractivity (Wildman–Crippen MR) is 112 cm³/mol. The highest BCUT2D eigenvalue weighted by Crippen LogP contribution is 2.40. The van der Waals surface area contributed by atoms with E-state index in [0.717, 1.165) is 5.56 Å². The molecule has 148 valence electrons. The van der Waals surface area contributed by atoms with Gasteiger partial charge in [-0.1, -0.05) is 41.4 Å². The lowest BCUT2D eigenvalue weighted by Crippen LogP contribution is -2.32. The van der Waals surface area contributed by atoms with Crippen molar-refractivity contribution in [3.63, 3.8) is 0 Å². The molecule has 7 nitrogen and oxygen atoms in total. The van der Waals surface area contributed by atoms with Crippen LogP contribution >= 0.6 is 23.2 Å². The maximum absolute atomic E-state index is 12.3. The Labute approximate surface area is 177 Å². The third-order valence-corrected chi connectivity index (χ3v) is 5.27. The van der Waals surface area contributed by atoms with Crippen LogP contribution in [-0.4, -0.2) is 27.8 Å². The molecule has 3 N–H and O–H groups in total. The van der Waals surface area contributed by atoms with E-state index in [1.54, 1.807) is 36.9 Å². The zero-order valence-corrected chi connectivity index (χ0v) is 17.1. The molecule has 2 heterocycles. The van der Waals surface area contributed by atoms with Crippen LogP contribution in [0.5, 0.6) is 5.75 Å². The quantitative estimate of drug-likeness (QED) is 0.652. The highest BCUT2D eigenvalue weighted by Gasteiger charge is 2.35. The first-order chi connectivity index (χ1) is 13.9. The van der Waals surface area contributed by atoms with E-state index in [2.05, 4.69) is 15.4 Å². The lowest BCUT2D eigenvalue weighted by Gasteiger charge is -2.28. The summed E-state index contributed by atoms with van der Waals surface area (Å²) in [6.45, 7) is 1.77. The number of fused-ring (bicyclic) bond motifs is 1. The Kier molecular flexibility index (Phi) is 4.94. The number of hydrogen-bond acceptors (Lipinski definition) is 5. The number of nitrogens with two attached hydrogens (primary N) is 1. The standard InChI is InChI=1S/C20H17Cl2N5O2/c1-10-16(18(23)28)17(13-5-3-4-6-15(13)29-2)27-20(24-10)25-19(26-27)12-8-7-11(21)9-14(12)22/h3-9,17H,1-2H3,(H2,23,28)(H,24,25,26). The van der Waals surface area contributed by atoms with Gasteiger partial charge in [0.25, 0.3) is 0 Å². The van der Waals surface area contributed by atoms with Gasteiger partial charge in [-0.3, -0.25) is 4.79 Å². The molecule has 2 aromatic carbocycles. The van der Waals surface area contributed by atoms with Crippen LogP contribution in [0.1, 0.15) is 18.5 Å². The summed E-state index contributed by atoms with van der Waals surface area (Å²) < 4.78 is 7.12. The number of primary amides is 1. The molecule has 3 aromatic rings. The Balaban J connectivity index is 1.92. The molecule has 4 rings (SSSR count). The fourth-order valence-electron chi connectivity index (χ4n) is 3.43. The van der Waals surface area contributed by atoms with E-state index < -0.39 is 11.9 Å². The molecule has 0 saturated heterocycles. The number of carbonyl (C=O) groups excluding carboxylic acids is 1. The summed E-state index contributed by atoms with van der Waals surface area (Å²) >= 11 is 12.3. The van der Waals surface area contributed by atoms with E-state index >= 15 is 0 Å². The van der Waals surface area contributed by atoms with Gasteiger partial charge in [-0.25, -0.2) is 4.68 Å². The molecule has 1 aliphatic heterocycles. The molecular weight excluding hydrogens is 413 g/mol. The SMILES string of the molecule is COc1ccccc1C1C(C(N)=O)=C(C)Nc2nc(-c3ccc(Cl)cc3Cl)nn21. The Morgan fingerprint density at radius 2 is 2.00 bits per heavy atom. The Hall–Kier alpha value is -3.03. The van der Waals surface area contributed by atoms with Crippen molar-refractivity contribution in [2.75, 3.05) is 12.4 Å². The van der Waals surface area contributed by atoms with Crippen LogP contribution in [0.25, 0.3) is 11.4 Å². The average molecular weight is 430 g/mol. The summed E-state index contributed by atoms with van der Waals surface area (Å²) in [7, 11) is 1.57. The summed E-state index contributed by atoms with van der Waals surface area (Å²) in [6.07, 6.45) is 0. The number of aromatic nitrogens is 3. The summed E-state index contributed by atoms with van der Waals surface area (Å²) in [5, 5.41) is 8.68. The fourth-order valence-corrected chi connectivity index (χ4v) is 3.93. The van der Waals surface area contributed by atoms with E-state index in [0.29, 0.717) is 44.4 Å². The van der Waals surface area contributed by atoms with Crippen LogP contribution in [0.3, 0.4) is 0 Å². The number of benzene rings is 2. The zero-order valence-electron chi connectivity index (χ0n) is 15.6. The minimum atomic E-state index is -0.604. The molecule has 1 unspecified atom stereocenters. The molecule has 0 saturated carbocycles. The lowest BCUT2D eigenvalue weighted by atomic mass is 9.94. The molecule has 1 aliphatic rings. The molecular formula is C20H17Cl2N5O2. The van der Waals surface area contributed by atoms with Crippen LogP contribution < -0.4 is 15.8 Å². The van der Waals surface area contributed by atoms with Gasteiger partial charge in [-0.2, -0.15) is 4.98 Å². The summed E-state index contributed by atoms with van der Waals surface area (Å²) in [4.78, 5) is 16.9. The smallest absolute Gasteiger partial charge is 0.248 e. The molecule has 0 radical (unpaired) electrons. The lowest BCUT2D eigenvalue weighted by molar-refractivity contribution is -0.115. The molecule has 0 aliphatic carbocycles. The second-order valence-electron chi connectivity index (χ2n) is 6.50. The maximum Gasteiger partial charge on any atom is 0.248 e. The van der Waals surface area contributed by atoms with Gasteiger partial charge in [0, 0.05) is 21.8 Å². The highest BCUT2D eigenvalue weighted by molar-refractivity contribution is 6.36. The largest absolute Gasteiger partial charge is 0.496 e. The monoisotopic (exact) mass is 429 g/mol. The molecule has 1 atom stereocenters. The van der Waals surface area contributed by atoms with Crippen LogP contribution in [0, 0.1) is 0 Å². The summed E-state index contributed by atoms with van der Waals surface area (Å²) in [5.74, 6) is 0.911. The van der Waals surface area contributed by atoms with Gasteiger partial charge in [0.2, 0.25) is 11.9 Å². The number of allylic oxidation sites excluding steroid dienone is 1. The molecule has 0 spiro atoms. The maximum atomic E-state index is 12.3. The van der Waals surface area contributed by atoms with Gasteiger partial charge in [0.05, 0.1) is 17.7 Å². The van der Waals surface area contributed by atoms with Crippen molar-refractivity contribution in [2.45, 2.75) is 13.0 Å². The molecule has 9 heteroatoms. The Bertz CT molecular complexity index is 1160. The highest BCUT2D eigenvalue weighted by atomic mass is 35.5.